The fourth-order valence-corrected chi connectivity index (χ4v) is 2.66. The molecule has 2 aromatic carbocycles. The summed E-state index contributed by atoms with van der Waals surface area (Å²) in [6, 6.07) is 14.7. The van der Waals surface area contributed by atoms with Crippen molar-refractivity contribution in [2.24, 2.45) is 5.10 Å². The number of carbonyl (C=O) groups excluding carboxylic acids is 2. The molecule has 2 aromatic rings. The smallest absolute Gasteiger partial charge is 0.249 e. The van der Waals surface area contributed by atoms with E-state index in [0.717, 1.165) is 24.3 Å². The van der Waals surface area contributed by atoms with Gasteiger partial charge in [-0.25, -0.2) is 5.43 Å². The van der Waals surface area contributed by atoms with E-state index in [2.05, 4.69) is 34.6 Å². The Labute approximate surface area is 164 Å². The molecule has 142 valence electrons. The van der Waals surface area contributed by atoms with E-state index in [4.69, 9.17) is 11.6 Å². The lowest BCUT2D eigenvalue weighted by Gasteiger charge is -2.20. The van der Waals surface area contributed by atoms with E-state index in [9.17, 15) is 9.59 Å². The van der Waals surface area contributed by atoms with Crippen molar-refractivity contribution in [2.45, 2.75) is 20.3 Å². The van der Waals surface area contributed by atoms with Crippen LogP contribution in [0.3, 0.4) is 0 Å². The molecule has 0 saturated heterocycles. The number of anilines is 2. The van der Waals surface area contributed by atoms with Gasteiger partial charge in [-0.05, 0) is 43.7 Å². The van der Waals surface area contributed by atoms with E-state index in [-0.39, 0.29) is 6.42 Å². The van der Waals surface area contributed by atoms with Crippen molar-refractivity contribution >= 4 is 41.0 Å². The maximum absolute atomic E-state index is 11.9. The third kappa shape index (κ3) is 6.42. The minimum Gasteiger partial charge on any atom is -0.372 e. The number of benzene rings is 2. The number of nitrogens with one attached hydrogen (secondary N) is 2. The number of carbonyl (C=O) groups is 2. The molecular weight excluding hydrogens is 364 g/mol. The molecule has 27 heavy (non-hydrogen) atoms. The van der Waals surface area contributed by atoms with Crippen LogP contribution in [0.25, 0.3) is 0 Å². The number of hydrogen-bond donors (Lipinski definition) is 2. The predicted molar refractivity (Wildman–Crippen MR) is 110 cm³/mol. The Morgan fingerprint density at radius 2 is 1.70 bits per heavy atom. The fraction of sp³-hybridized carbons (Fsp3) is 0.250. The third-order valence-corrected chi connectivity index (χ3v) is 4.22. The standard InChI is InChI=1S/C20H23ClN4O2/c1-3-25(4-2)16-11-9-15(10-12-16)14-22-24-20(27)13-19(26)23-18-8-6-5-7-17(18)21/h5-12,14H,3-4,13H2,1-2H3,(H,23,26)(H,24,27). The number of nitrogens with zero attached hydrogens (tertiary/aromatic N) is 2. The van der Waals surface area contributed by atoms with E-state index in [1.54, 1.807) is 24.3 Å². The molecule has 0 spiro atoms. The molecule has 2 rings (SSSR count). The van der Waals surface area contributed by atoms with Gasteiger partial charge in [-0.1, -0.05) is 35.9 Å². The summed E-state index contributed by atoms with van der Waals surface area (Å²) in [5, 5.41) is 6.89. The highest BCUT2D eigenvalue weighted by atomic mass is 35.5. The molecule has 0 aliphatic heterocycles. The van der Waals surface area contributed by atoms with Crippen LogP contribution in [0.1, 0.15) is 25.8 Å². The Kier molecular flexibility index (Phi) is 7.82. The van der Waals surface area contributed by atoms with Crippen molar-refractivity contribution in [1.29, 1.82) is 0 Å². The molecule has 0 heterocycles. The Morgan fingerprint density at radius 3 is 2.33 bits per heavy atom. The molecule has 0 atom stereocenters. The second-order valence-corrected chi connectivity index (χ2v) is 6.17. The van der Waals surface area contributed by atoms with Gasteiger partial charge in [0.1, 0.15) is 6.42 Å². The first-order valence-electron chi connectivity index (χ1n) is 8.74. The molecule has 0 aliphatic rings. The van der Waals surface area contributed by atoms with Crippen LogP contribution in [0.5, 0.6) is 0 Å². The van der Waals surface area contributed by atoms with Crippen molar-refractivity contribution in [1.82, 2.24) is 5.43 Å². The monoisotopic (exact) mass is 386 g/mol. The number of hydrogen-bond acceptors (Lipinski definition) is 4. The summed E-state index contributed by atoms with van der Waals surface area (Å²) in [5.74, 6) is -0.963. The zero-order valence-corrected chi connectivity index (χ0v) is 16.2. The number of halogens is 1. The summed E-state index contributed by atoms with van der Waals surface area (Å²) in [5.41, 5.74) is 4.80. The molecule has 0 fully saturated rings. The molecule has 7 heteroatoms. The molecule has 0 unspecified atom stereocenters. The van der Waals surface area contributed by atoms with Gasteiger partial charge in [0.2, 0.25) is 11.8 Å². The van der Waals surface area contributed by atoms with E-state index in [0.29, 0.717) is 10.7 Å². The lowest BCUT2D eigenvalue weighted by Crippen LogP contribution is -2.24. The Morgan fingerprint density at radius 1 is 1.04 bits per heavy atom. The highest BCUT2D eigenvalue weighted by Crippen LogP contribution is 2.20. The van der Waals surface area contributed by atoms with E-state index in [1.165, 1.54) is 6.21 Å². The topological polar surface area (TPSA) is 73.8 Å². The lowest BCUT2D eigenvalue weighted by atomic mass is 10.2. The van der Waals surface area contributed by atoms with Crippen molar-refractivity contribution < 1.29 is 9.59 Å². The SMILES string of the molecule is CCN(CC)c1ccc(C=NNC(=O)CC(=O)Nc2ccccc2Cl)cc1. The minimum absolute atomic E-state index is 0.344. The summed E-state index contributed by atoms with van der Waals surface area (Å²) >= 11 is 5.96. The predicted octanol–water partition coefficient (Wildman–Crippen LogP) is 3.67. The van der Waals surface area contributed by atoms with Gasteiger partial charge in [-0.3, -0.25) is 9.59 Å². The van der Waals surface area contributed by atoms with Gasteiger partial charge in [0.25, 0.3) is 0 Å². The molecule has 0 aliphatic carbocycles. The number of para-hydroxylation sites is 1. The van der Waals surface area contributed by atoms with Crippen LogP contribution in [0, 0.1) is 0 Å². The van der Waals surface area contributed by atoms with Crippen molar-refractivity contribution in [3.8, 4) is 0 Å². The van der Waals surface area contributed by atoms with E-state index >= 15 is 0 Å². The zero-order chi connectivity index (χ0) is 19.6. The zero-order valence-electron chi connectivity index (χ0n) is 15.4. The minimum atomic E-state index is -0.504. The fourth-order valence-electron chi connectivity index (χ4n) is 2.48. The first-order valence-corrected chi connectivity index (χ1v) is 9.12. The van der Waals surface area contributed by atoms with Gasteiger partial charge in [-0.15, -0.1) is 0 Å². The first kappa shape index (κ1) is 20.5. The third-order valence-electron chi connectivity index (χ3n) is 3.89. The van der Waals surface area contributed by atoms with Gasteiger partial charge in [0.05, 0.1) is 16.9 Å². The Bertz CT molecular complexity index is 802. The van der Waals surface area contributed by atoms with Crippen molar-refractivity contribution in [2.75, 3.05) is 23.3 Å². The van der Waals surface area contributed by atoms with Gasteiger partial charge in [0.15, 0.2) is 0 Å². The molecule has 6 nitrogen and oxygen atoms in total. The lowest BCUT2D eigenvalue weighted by molar-refractivity contribution is -0.126. The molecule has 0 aromatic heterocycles. The van der Waals surface area contributed by atoms with Gasteiger partial charge in [-0.2, -0.15) is 5.10 Å². The summed E-state index contributed by atoms with van der Waals surface area (Å²) in [7, 11) is 0. The Hall–Kier alpha value is -2.86. The maximum atomic E-state index is 11.9. The summed E-state index contributed by atoms with van der Waals surface area (Å²) in [6.07, 6.45) is 1.19. The highest BCUT2D eigenvalue weighted by molar-refractivity contribution is 6.33. The van der Waals surface area contributed by atoms with E-state index in [1.807, 2.05) is 24.3 Å². The van der Waals surface area contributed by atoms with Crippen LogP contribution < -0.4 is 15.6 Å². The number of rotatable bonds is 8. The van der Waals surface area contributed by atoms with Crippen LogP contribution in [0.15, 0.2) is 53.6 Å². The average Bonchev–Trinajstić information content (AvgIpc) is 2.66. The van der Waals surface area contributed by atoms with Gasteiger partial charge >= 0.3 is 0 Å². The molecule has 0 saturated carbocycles. The van der Waals surface area contributed by atoms with Crippen LogP contribution >= 0.6 is 11.6 Å². The van der Waals surface area contributed by atoms with Crippen LogP contribution in [0.4, 0.5) is 11.4 Å². The average molecular weight is 387 g/mol. The van der Waals surface area contributed by atoms with Gasteiger partial charge in [0, 0.05) is 18.8 Å². The highest BCUT2D eigenvalue weighted by Gasteiger charge is 2.10. The number of amides is 2. The van der Waals surface area contributed by atoms with Crippen molar-refractivity contribution in [3.05, 3.63) is 59.1 Å². The summed E-state index contributed by atoms with van der Waals surface area (Å²) in [4.78, 5) is 25.9. The number of hydrazone groups is 1. The second kappa shape index (κ2) is 10.3. The molecular formula is C20H23ClN4O2. The van der Waals surface area contributed by atoms with E-state index < -0.39 is 11.8 Å². The van der Waals surface area contributed by atoms with Crippen LogP contribution in [-0.2, 0) is 9.59 Å². The maximum Gasteiger partial charge on any atom is 0.249 e. The first-order chi connectivity index (χ1) is 13.0. The summed E-state index contributed by atoms with van der Waals surface area (Å²) in [6.45, 7) is 6.10. The normalized spacial score (nSPS) is 10.6. The Balaban J connectivity index is 1.82. The van der Waals surface area contributed by atoms with Crippen LogP contribution in [0.2, 0.25) is 5.02 Å². The van der Waals surface area contributed by atoms with Crippen molar-refractivity contribution in [3.63, 3.8) is 0 Å². The largest absolute Gasteiger partial charge is 0.372 e. The van der Waals surface area contributed by atoms with Gasteiger partial charge < -0.3 is 10.2 Å². The molecule has 2 N–H and O–H groups in total. The summed E-state index contributed by atoms with van der Waals surface area (Å²) < 4.78 is 0. The molecule has 0 bridgehead atoms. The quantitative estimate of drug-likeness (QED) is 0.413. The molecule has 0 radical (unpaired) electrons. The van der Waals surface area contributed by atoms with Crippen LogP contribution in [-0.4, -0.2) is 31.1 Å². The second-order valence-electron chi connectivity index (χ2n) is 5.76. The molecule has 2 amide bonds.